The van der Waals surface area contributed by atoms with Crippen LogP contribution >= 0.6 is 15.9 Å². The van der Waals surface area contributed by atoms with Crippen molar-refractivity contribution >= 4 is 15.9 Å². The van der Waals surface area contributed by atoms with Crippen LogP contribution in [0.2, 0.25) is 0 Å². The largest absolute Gasteiger partial charge is 0.315 e. The van der Waals surface area contributed by atoms with Crippen molar-refractivity contribution in [2.24, 2.45) is 0 Å². The molecule has 1 unspecified atom stereocenters. The maximum atomic E-state index is 4.57. The van der Waals surface area contributed by atoms with Crippen LogP contribution in [0.3, 0.4) is 0 Å². The first-order chi connectivity index (χ1) is 8.63. The molecule has 5 heteroatoms. The van der Waals surface area contributed by atoms with Crippen molar-refractivity contribution in [1.82, 2.24) is 20.0 Å². The van der Waals surface area contributed by atoms with Crippen LogP contribution in [-0.2, 0) is 13.1 Å². The zero-order chi connectivity index (χ0) is 13.1. The zero-order valence-electron chi connectivity index (χ0n) is 11.5. The first kappa shape index (κ1) is 14.0. The number of hydrogen-bond donors (Lipinski definition) is 1. The van der Waals surface area contributed by atoms with E-state index in [1.54, 1.807) is 0 Å². The summed E-state index contributed by atoms with van der Waals surface area (Å²) in [4.78, 5) is 2.55. The molecule has 1 atom stereocenters. The zero-order valence-corrected chi connectivity index (χ0v) is 13.1. The van der Waals surface area contributed by atoms with Gasteiger partial charge in [0.2, 0.25) is 0 Å². The lowest BCUT2D eigenvalue weighted by Crippen LogP contribution is -2.34. The van der Waals surface area contributed by atoms with E-state index in [0.717, 1.165) is 38.4 Å². The molecule has 0 bridgehead atoms. The molecule has 2 rings (SSSR count). The van der Waals surface area contributed by atoms with Crippen molar-refractivity contribution in [1.29, 1.82) is 0 Å². The lowest BCUT2D eigenvalue weighted by atomic mass is 10.2. The maximum Gasteiger partial charge on any atom is 0.0739 e. The summed E-state index contributed by atoms with van der Waals surface area (Å²) in [6.07, 6.45) is 1.22. The quantitative estimate of drug-likeness (QED) is 0.928. The molecule has 0 amide bonds. The van der Waals surface area contributed by atoms with Crippen molar-refractivity contribution in [2.75, 3.05) is 19.6 Å². The molecule has 1 N–H and O–H groups in total. The van der Waals surface area contributed by atoms with Crippen molar-refractivity contribution in [3.05, 3.63) is 15.9 Å². The highest BCUT2D eigenvalue weighted by Crippen LogP contribution is 2.23. The van der Waals surface area contributed by atoms with E-state index < -0.39 is 0 Å². The lowest BCUT2D eigenvalue weighted by molar-refractivity contribution is 0.205. The van der Waals surface area contributed by atoms with Gasteiger partial charge in [0.15, 0.2) is 0 Å². The number of aromatic nitrogens is 2. The molecule has 2 heterocycles. The second-order valence-electron chi connectivity index (χ2n) is 5.02. The number of aryl methyl sites for hydroxylation is 2. The summed E-state index contributed by atoms with van der Waals surface area (Å²) in [5.74, 6) is 0. The monoisotopic (exact) mass is 314 g/mol. The lowest BCUT2D eigenvalue weighted by Gasteiger charge is -2.26. The number of nitrogens with zero attached hydrogens (tertiary/aromatic N) is 3. The Morgan fingerprint density at radius 1 is 1.44 bits per heavy atom. The van der Waals surface area contributed by atoms with E-state index in [2.05, 4.69) is 56.7 Å². The number of nitrogens with one attached hydrogen (secondary N) is 1. The van der Waals surface area contributed by atoms with Crippen LogP contribution in [0.4, 0.5) is 0 Å². The van der Waals surface area contributed by atoms with Gasteiger partial charge in [-0.05, 0) is 49.7 Å². The van der Waals surface area contributed by atoms with E-state index in [-0.39, 0.29) is 0 Å². The summed E-state index contributed by atoms with van der Waals surface area (Å²) < 4.78 is 3.29. The molecular weight excluding hydrogens is 292 g/mol. The Labute approximate surface area is 118 Å². The van der Waals surface area contributed by atoms with Crippen molar-refractivity contribution in [2.45, 2.75) is 46.3 Å². The summed E-state index contributed by atoms with van der Waals surface area (Å²) in [5.41, 5.74) is 2.40. The molecule has 1 aromatic heterocycles. The molecule has 0 aliphatic carbocycles. The van der Waals surface area contributed by atoms with E-state index in [9.17, 15) is 0 Å². The Balaban J connectivity index is 2.16. The van der Waals surface area contributed by atoms with E-state index >= 15 is 0 Å². The highest BCUT2D eigenvalue weighted by Gasteiger charge is 2.20. The number of rotatable bonds is 3. The fourth-order valence-electron chi connectivity index (χ4n) is 2.51. The summed E-state index contributed by atoms with van der Waals surface area (Å²) in [7, 11) is 0. The van der Waals surface area contributed by atoms with Gasteiger partial charge in [-0.3, -0.25) is 9.58 Å². The Hall–Kier alpha value is -0.390. The second-order valence-corrected chi connectivity index (χ2v) is 5.81. The molecule has 1 fully saturated rings. The molecule has 1 aliphatic heterocycles. The molecular formula is C13H23BrN4. The predicted molar refractivity (Wildman–Crippen MR) is 77.7 cm³/mol. The first-order valence-corrected chi connectivity index (χ1v) is 7.59. The average Bonchev–Trinajstić information content (AvgIpc) is 2.53. The second kappa shape index (κ2) is 6.17. The minimum Gasteiger partial charge on any atom is -0.315 e. The van der Waals surface area contributed by atoms with Crippen LogP contribution in [0.5, 0.6) is 0 Å². The molecule has 0 saturated carbocycles. The van der Waals surface area contributed by atoms with Crippen LogP contribution in [0, 0.1) is 6.92 Å². The summed E-state index contributed by atoms with van der Waals surface area (Å²) in [6, 6.07) is 0.632. The average molecular weight is 315 g/mol. The third kappa shape index (κ3) is 2.95. The standard InChI is InChI=1S/C13H23BrN4/c1-4-18-12(13(14)11(3)16-18)9-17-8-7-15-6-5-10(17)2/h10,15H,4-9H2,1-3H3. The highest BCUT2D eigenvalue weighted by molar-refractivity contribution is 9.10. The van der Waals surface area contributed by atoms with Crippen molar-refractivity contribution < 1.29 is 0 Å². The number of hydrogen-bond acceptors (Lipinski definition) is 3. The van der Waals surface area contributed by atoms with Crippen LogP contribution in [-0.4, -0.2) is 40.4 Å². The van der Waals surface area contributed by atoms with Crippen LogP contribution in [0.25, 0.3) is 0 Å². The molecule has 1 aromatic rings. The Morgan fingerprint density at radius 2 is 2.22 bits per heavy atom. The van der Waals surface area contributed by atoms with Crippen LogP contribution in [0.15, 0.2) is 4.47 Å². The first-order valence-electron chi connectivity index (χ1n) is 6.80. The van der Waals surface area contributed by atoms with Gasteiger partial charge in [0, 0.05) is 32.2 Å². The van der Waals surface area contributed by atoms with E-state index in [4.69, 9.17) is 0 Å². The van der Waals surface area contributed by atoms with Crippen molar-refractivity contribution in [3.63, 3.8) is 0 Å². The topological polar surface area (TPSA) is 33.1 Å². The van der Waals surface area contributed by atoms with Gasteiger partial charge in [-0.25, -0.2) is 0 Å². The van der Waals surface area contributed by atoms with Crippen LogP contribution in [0.1, 0.15) is 31.7 Å². The summed E-state index contributed by atoms with van der Waals surface area (Å²) >= 11 is 3.68. The fourth-order valence-corrected chi connectivity index (χ4v) is 2.92. The van der Waals surface area contributed by atoms with Gasteiger partial charge < -0.3 is 5.32 Å². The van der Waals surface area contributed by atoms with Gasteiger partial charge >= 0.3 is 0 Å². The van der Waals surface area contributed by atoms with Gasteiger partial charge in [-0.2, -0.15) is 5.10 Å². The molecule has 1 aliphatic rings. The van der Waals surface area contributed by atoms with Gasteiger partial charge in [-0.15, -0.1) is 0 Å². The Morgan fingerprint density at radius 3 is 2.94 bits per heavy atom. The molecule has 0 radical (unpaired) electrons. The van der Waals surface area contributed by atoms with Gasteiger partial charge in [0.1, 0.15) is 0 Å². The van der Waals surface area contributed by atoms with Crippen LogP contribution < -0.4 is 5.32 Å². The van der Waals surface area contributed by atoms with Gasteiger partial charge in [0.25, 0.3) is 0 Å². The van der Waals surface area contributed by atoms with E-state index in [1.165, 1.54) is 16.6 Å². The van der Waals surface area contributed by atoms with Crippen molar-refractivity contribution in [3.8, 4) is 0 Å². The van der Waals surface area contributed by atoms with E-state index in [1.807, 2.05) is 0 Å². The predicted octanol–water partition coefficient (Wildman–Crippen LogP) is 2.16. The molecule has 0 spiro atoms. The highest BCUT2D eigenvalue weighted by atomic mass is 79.9. The molecule has 1 saturated heterocycles. The summed E-state index contributed by atoms with van der Waals surface area (Å²) in [5, 5.41) is 8.04. The number of halogens is 1. The maximum absolute atomic E-state index is 4.57. The van der Waals surface area contributed by atoms with E-state index in [0.29, 0.717) is 6.04 Å². The smallest absolute Gasteiger partial charge is 0.0739 e. The molecule has 4 nitrogen and oxygen atoms in total. The van der Waals surface area contributed by atoms with Gasteiger partial charge in [-0.1, -0.05) is 0 Å². The molecule has 18 heavy (non-hydrogen) atoms. The molecule has 102 valence electrons. The third-order valence-corrected chi connectivity index (χ3v) is 4.78. The normalized spacial score (nSPS) is 22.1. The fraction of sp³-hybridized carbons (Fsp3) is 0.769. The minimum atomic E-state index is 0.632. The van der Waals surface area contributed by atoms with Gasteiger partial charge in [0.05, 0.1) is 15.9 Å². The Kier molecular flexibility index (Phi) is 4.81. The Bertz CT molecular complexity index is 402. The minimum absolute atomic E-state index is 0.632. The summed E-state index contributed by atoms with van der Waals surface area (Å²) in [6.45, 7) is 11.8. The third-order valence-electron chi connectivity index (χ3n) is 3.74. The SMILES string of the molecule is CCn1nc(C)c(Br)c1CN1CCNCCC1C. The molecule has 0 aromatic carbocycles.